The van der Waals surface area contributed by atoms with E-state index in [1.165, 1.54) is 110 Å². The molecule has 0 aliphatic heterocycles. The van der Waals surface area contributed by atoms with E-state index in [2.05, 4.69) is 166 Å². The summed E-state index contributed by atoms with van der Waals surface area (Å²) in [4.78, 5) is 0. The van der Waals surface area contributed by atoms with Crippen LogP contribution < -0.4 is 0 Å². The molecule has 0 bridgehead atoms. The van der Waals surface area contributed by atoms with Gasteiger partial charge in [-0.15, -0.1) is 0 Å². The zero-order valence-corrected chi connectivity index (χ0v) is 50.0. The largest absolute Gasteiger partial charge is 0.393 e. The van der Waals surface area contributed by atoms with Crippen molar-refractivity contribution in [1.82, 2.24) is 0 Å². The quantitative estimate of drug-likeness (QED) is 0.227. The van der Waals surface area contributed by atoms with Crippen molar-refractivity contribution in [3.05, 3.63) is 0 Å². The molecule has 3 heteroatoms. The summed E-state index contributed by atoms with van der Waals surface area (Å²) in [5.74, 6) is 5.57. The summed E-state index contributed by atoms with van der Waals surface area (Å²) in [5.41, 5.74) is 1.25. The molecule has 0 aromatic carbocycles. The summed E-state index contributed by atoms with van der Waals surface area (Å²) in [7, 11) is -1.42. The Morgan fingerprint density at radius 3 is 0.791 bits per heavy atom. The third-order valence-electron chi connectivity index (χ3n) is 13.3. The molecule has 2 fully saturated rings. The van der Waals surface area contributed by atoms with Crippen LogP contribution in [0.25, 0.3) is 0 Å². The Morgan fingerprint density at radius 1 is 0.433 bits per heavy atom. The summed E-state index contributed by atoms with van der Waals surface area (Å²) in [5, 5.41) is 0. The minimum Gasteiger partial charge on any atom is -0.171 e. The molecule has 67 heavy (non-hydrogen) atoms. The van der Waals surface area contributed by atoms with Crippen LogP contribution in [0.15, 0.2) is 0 Å². The molecule has 0 saturated heterocycles. The molecule has 0 N–H and O–H groups in total. The van der Waals surface area contributed by atoms with E-state index in [-0.39, 0.29) is 34.1 Å². The molecule has 418 valence electrons. The van der Waals surface area contributed by atoms with Crippen molar-refractivity contribution in [2.24, 2.45) is 78.8 Å². The third kappa shape index (κ3) is 47.9. The summed E-state index contributed by atoms with van der Waals surface area (Å²) in [6, 6.07) is 0. The lowest BCUT2D eigenvalue weighted by atomic mass is 9.64. The van der Waals surface area contributed by atoms with Crippen LogP contribution in [0, 0.1) is 78.8 Å². The Kier molecular flexibility index (Phi) is 40.5. The minimum atomic E-state index is -4.10. The highest BCUT2D eigenvalue weighted by atomic mass is 19.4. The molecule has 2 saturated carbocycles. The van der Waals surface area contributed by atoms with Gasteiger partial charge < -0.3 is 0 Å². The molecule has 0 nitrogen and oxygen atoms in total. The van der Waals surface area contributed by atoms with Crippen molar-refractivity contribution < 1.29 is 17.3 Å². The van der Waals surface area contributed by atoms with Gasteiger partial charge in [-0.05, 0) is 118 Å². The number of rotatable bonds is 8. The first-order valence-electron chi connectivity index (χ1n) is 28.5. The summed E-state index contributed by atoms with van der Waals surface area (Å²) >= 11 is 0. The second kappa shape index (κ2) is 35.8. The number of halogens is 3. The highest BCUT2D eigenvalue weighted by Crippen LogP contribution is 2.46. The molecule has 0 atom stereocenters. The molecule has 2 rings (SSSR count). The first-order valence-corrected chi connectivity index (χ1v) is 26.8. The fraction of sp³-hybridized carbons (Fsp3) is 1.00. The first-order chi connectivity index (χ1) is 29.4. The lowest BCUT2D eigenvalue weighted by Gasteiger charge is -2.42. The van der Waals surface area contributed by atoms with Crippen molar-refractivity contribution in [3.63, 3.8) is 0 Å². The van der Waals surface area contributed by atoms with Gasteiger partial charge in [0.15, 0.2) is 0 Å². The Bertz CT molecular complexity index is 1090. The number of hydrogen-bond acceptors (Lipinski definition) is 0. The lowest BCUT2D eigenvalue weighted by molar-refractivity contribution is -0.220. The second-order valence-corrected chi connectivity index (χ2v) is 29.7. The predicted octanol–water partition coefficient (Wildman–Crippen LogP) is 25.5. The molecule has 0 aromatic heterocycles. The zero-order chi connectivity index (χ0) is 54.9. The van der Waals surface area contributed by atoms with Crippen LogP contribution in [-0.2, 0) is 0 Å². The Morgan fingerprint density at radius 2 is 0.687 bits per heavy atom. The topological polar surface area (TPSA) is 0 Å². The standard InChI is InChI=1S/C15H32.C10H20.C9H17F3.C9H18.C9H20.C8H18.4CH4/c1-8-12(9-2)14(15(5,6)7)13(10-3)11-4;1-10(2,3)9-7-5-4-6-8-9;1-7(2,3)6-8(4,5)9(10,11)12;1-9(2,3)8-6-4-5-7-8;1-8(2,3)7-9(4,5)6;1-7(2)6-8(3,4)5;;;;/h12-14H,8-11H2,1-7H3;9H,4-8H2,1-3H3;6H2,1-5H3;8H,4-7H2,1-3H3;7H2,1-6H3;7H,6H2,1-5H3;4*1H4/i;;;;;;1D3;;;. The SMILES string of the molecule is C.C.C.CC(C)(C)C1CCCC1.CC(C)(C)C1CCCCC1.CC(C)(C)CC(C)(C)C.CC(C)(C)CC(C)(C)C(F)(F)F.CC(C)CC(C)(C)C.CCC(CC)C(C(CC)CC)C(C)(C)C.[2H]C([2H])[2H]. The molecule has 2 aliphatic carbocycles. The zero-order valence-electron chi connectivity index (χ0n) is 53.0. The van der Waals surface area contributed by atoms with E-state index in [0.717, 1.165) is 35.5 Å². The van der Waals surface area contributed by atoms with Gasteiger partial charge in [-0.3, -0.25) is 0 Å². The highest BCUT2D eigenvalue weighted by molar-refractivity contribution is 4.85. The summed E-state index contributed by atoms with van der Waals surface area (Å²) in [6.45, 7) is 64.0. The fourth-order valence-corrected chi connectivity index (χ4v) is 11.4. The van der Waals surface area contributed by atoms with E-state index in [1.54, 1.807) is 0 Å². The van der Waals surface area contributed by atoms with Crippen LogP contribution in [0.1, 0.15) is 337 Å². The van der Waals surface area contributed by atoms with Gasteiger partial charge in [0.2, 0.25) is 0 Å². The second-order valence-electron chi connectivity index (χ2n) is 29.7. The van der Waals surface area contributed by atoms with Gasteiger partial charge in [0, 0.05) is 4.11 Å². The van der Waals surface area contributed by atoms with E-state index in [4.69, 9.17) is 4.11 Å². The monoisotopic (exact) mass is 970 g/mol. The smallest absolute Gasteiger partial charge is 0.171 e. The van der Waals surface area contributed by atoms with Crippen LogP contribution in [-0.4, -0.2) is 6.18 Å². The fourth-order valence-electron chi connectivity index (χ4n) is 11.4. The molecule has 0 heterocycles. The van der Waals surface area contributed by atoms with Gasteiger partial charge in [-0.25, -0.2) is 0 Å². The van der Waals surface area contributed by atoms with E-state index in [0.29, 0.717) is 32.5 Å². The van der Waals surface area contributed by atoms with E-state index >= 15 is 0 Å². The molecule has 0 amide bonds. The van der Waals surface area contributed by atoms with E-state index in [1.807, 2.05) is 20.8 Å². The van der Waals surface area contributed by atoms with Crippen molar-refractivity contribution in [2.45, 2.75) is 339 Å². The Hall–Kier alpha value is -0.210. The maximum atomic E-state index is 12.4. The van der Waals surface area contributed by atoms with Gasteiger partial charge in [-0.1, -0.05) is 288 Å². The van der Waals surface area contributed by atoms with Crippen molar-refractivity contribution in [2.75, 3.05) is 0 Å². The summed E-state index contributed by atoms with van der Waals surface area (Å²) < 4.78 is 54.8. The van der Waals surface area contributed by atoms with Gasteiger partial charge in [0.1, 0.15) is 0 Å². The van der Waals surface area contributed by atoms with E-state index in [9.17, 15) is 13.2 Å². The van der Waals surface area contributed by atoms with Gasteiger partial charge in [-0.2, -0.15) is 13.2 Å². The third-order valence-corrected chi connectivity index (χ3v) is 13.3. The van der Waals surface area contributed by atoms with Crippen molar-refractivity contribution in [1.29, 1.82) is 0 Å². The molecular formula is C64H141F3. The minimum absolute atomic E-state index is 0. The maximum Gasteiger partial charge on any atom is 0.393 e. The average molecular weight is 971 g/mol. The molecule has 0 unspecified atom stereocenters. The van der Waals surface area contributed by atoms with Crippen molar-refractivity contribution in [3.8, 4) is 0 Å². The van der Waals surface area contributed by atoms with Crippen LogP contribution in [0.5, 0.6) is 0 Å². The average Bonchev–Trinajstić information content (AvgIpc) is 3.62. The molecule has 0 aromatic rings. The maximum absolute atomic E-state index is 12.4. The Labute approximate surface area is 433 Å². The van der Waals surface area contributed by atoms with Gasteiger partial charge in [0.05, 0.1) is 5.41 Å². The van der Waals surface area contributed by atoms with Crippen LogP contribution >= 0.6 is 0 Å². The molecule has 2 aliphatic rings. The normalized spacial score (nSPS) is 16.2. The summed E-state index contributed by atoms with van der Waals surface area (Å²) in [6.07, 6.45) is 17.3. The molecule has 0 spiro atoms. The molecule has 0 radical (unpaired) electrons. The lowest BCUT2D eigenvalue weighted by Crippen LogP contribution is -2.35. The van der Waals surface area contributed by atoms with Crippen LogP contribution in [0.3, 0.4) is 0 Å². The number of alkyl halides is 3. The highest BCUT2D eigenvalue weighted by Gasteiger charge is 2.48. The van der Waals surface area contributed by atoms with Gasteiger partial charge in [0.25, 0.3) is 0 Å². The first kappa shape index (κ1) is 75.7. The van der Waals surface area contributed by atoms with Gasteiger partial charge >= 0.3 is 6.18 Å². The predicted molar refractivity (Wildman–Crippen MR) is 312 cm³/mol. The molecular weight excluding hydrogens is 826 g/mol. The van der Waals surface area contributed by atoms with Crippen LogP contribution in [0.2, 0.25) is 0 Å². The number of hydrogen-bond donors (Lipinski definition) is 0. The van der Waals surface area contributed by atoms with E-state index < -0.39 is 18.9 Å². The Balaban J connectivity index is -0.000000108. The van der Waals surface area contributed by atoms with Crippen molar-refractivity contribution >= 4 is 0 Å². The van der Waals surface area contributed by atoms with Crippen LogP contribution in [0.4, 0.5) is 13.2 Å².